The highest BCUT2D eigenvalue weighted by atomic mass is 16.4. The number of aliphatic carboxylic acids is 1. The van der Waals surface area contributed by atoms with Crippen LogP contribution in [0.5, 0.6) is 23.0 Å². The summed E-state index contributed by atoms with van der Waals surface area (Å²) in [5.41, 5.74) is 2.42. The molecule has 0 aliphatic rings. The van der Waals surface area contributed by atoms with Crippen molar-refractivity contribution in [3.05, 3.63) is 143 Å². The van der Waals surface area contributed by atoms with E-state index in [2.05, 4.69) is 31.9 Å². The molecule has 5 rings (SSSR count). The lowest BCUT2D eigenvalue weighted by atomic mass is 9.97. The summed E-state index contributed by atoms with van der Waals surface area (Å²) in [6.07, 6.45) is 6.56. The Labute approximate surface area is 486 Å². The summed E-state index contributed by atoms with van der Waals surface area (Å²) in [5.74, 6) is -8.41. The summed E-state index contributed by atoms with van der Waals surface area (Å²) < 4.78 is 4.39. The molecule has 0 spiro atoms. The standard InChI is InChI=1S/C56H73N13O16/c1-64-23-14-37(44(72)52(64)80)48(76)59-19-27-68(28-20-60-49(77)38-15-24-65(2)53(81)45(38)73)32-35(31-34-8-10-36(11-9-34)63-43(71)13-12-42(70)58-18-6-5-7-41(57)56(84)85)33-69(29-21-61-50(78)39-16-25-66(3)54(82)46(39)74)30-22-62-51(79)40-17-26-67(4)55(83)47(40)75/h8-11,14-17,23-26,35,41,72-75H,5-7,12-13,18-22,27-33,57H2,1-4H3,(H,58,70)(H,59,76)(H,60,77)(H,61,78)(H,62,79)(H,63,71)(H,84,85)/t41-/m0/s1. The molecule has 0 unspecified atom stereocenters. The largest absolute Gasteiger partial charge is 0.502 e. The van der Waals surface area contributed by atoms with Crippen molar-refractivity contribution < 1.29 is 59.1 Å². The van der Waals surface area contributed by atoms with Gasteiger partial charge in [0, 0.05) is 143 Å². The van der Waals surface area contributed by atoms with E-state index in [4.69, 9.17) is 10.8 Å². The Bertz CT molecular complexity index is 3130. The molecule has 0 saturated carbocycles. The van der Waals surface area contributed by atoms with Crippen molar-refractivity contribution in [1.82, 2.24) is 54.7 Å². The number of nitrogens with zero attached hydrogens (tertiary/aromatic N) is 6. The monoisotopic (exact) mass is 1180 g/mol. The number of pyridine rings is 4. The molecule has 29 heteroatoms. The Balaban J connectivity index is 1.41. The summed E-state index contributed by atoms with van der Waals surface area (Å²) in [5, 5.41) is 67.3. The second-order valence-corrected chi connectivity index (χ2v) is 20.2. The number of carbonyl (C=O) groups excluding carboxylic acids is 6. The molecule has 0 fully saturated rings. The number of nitrogens with one attached hydrogen (secondary N) is 6. The van der Waals surface area contributed by atoms with E-state index in [1.807, 2.05) is 9.80 Å². The van der Waals surface area contributed by atoms with Crippen LogP contribution in [0, 0.1) is 5.92 Å². The lowest BCUT2D eigenvalue weighted by Gasteiger charge is -2.32. The van der Waals surface area contributed by atoms with Crippen LogP contribution in [0.25, 0.3) is 0 Å². The van der Waals surface area contributed by atoms with E-state index in [-0.39, 0.29) is 119 Å². The molecule has 0 aliphatic heterocycles. The summed E-state index contributed by atoms with van der Waals surface area (Å²) in [6.45, 7) is 0.799. The molecule has 4 heterocycles. The zero-order chi connectivity index (χ0) is 62.5. The van der Waals surface area contributed by atoms with Crippen LogP contribution in [-0.4, -0.2) is 173 Å². The molecule has 0 aliphatic carbocycles. The number of carboxylic acid groups (broad SMARTS) is 1. The average molecular weight is 1180 g/mol. The second-order valence-electron chi connectivity index (χ2n) is 20.2. The fourth-order valence-corrected chi connectivity index (χ4v) is 8.83. The van der Waals surface area contributed by atoms with Crippen LogP contribution in [0.1, 0.15) is 79.1 Å². The number of hydrogen-bond acceptors (Lipinski definition) is 18. The van der Waals surface area contributed by atoms with Gasteiger partial charge in [0.1, 0.15) is 6.04 Å². The van der Waals surface area contributed by atoms with Gasteiger partial charge >= 0.3 is 5.97 Å². The maximum atomic E-state index is 13.4. The molecule has 458 valence electrons. The van der Waals surface area contributed by atoms with Crippen LogP contribution >= 0.6 is 0 Å². The summed E-state index contributed by atoms with van der Waals surface area (Å²) in [4.78, 5) is 143. The van der Waals surface area contributed by atoms with Gasteiger partial charge in [-0.2, -0.15) is 0 Å². The van der Waals surface area contributed by atoms with E-state index < -0.39 is 92.7 Å². The Morgan fingerprint density at radius 3 is 1.16 bits per heavy atom. The summed E-state index contributed by atoms with van der Waals surface area (Å²) >= 11 is 0. The maximum Gasteiger partial charge on any atom is 0.320 e. The van der Waals surface area contributed by atoms with Gasteiger partial charge in [0.05, 0.1) is 22.3 Å². The van der Waals surface area contributed by atoms with Gasteiger partial charge in [0.2, 0.25) is 11.8 Å². The molecule has 0 saturated heterocycles. The highest BCUT2D eigenvalue weighted by molar-refractivity contribution is 5.98. The SMILES string of the molecule is Cn1ccc(C(=O)NCCN(CCNC(=O)c2ccn(C)c(=O)c2O)CC(Cc2ccc(NC(=O)CCC(=O)NCCCC[C@H](N)C(=O)O)cc2)CN(CCNC(=O)c2ccn(C)c(=O)c2O)CCNC(=O)c2ccn(C)c(=O)c2O)c(O)c1=O. The number of carboxylic acids is 1. The quantitative estimate of drug-likeness (QED) is 0.0211. The third-order valence-corrected chi connectivity index (χ3v) is 13.8. The van der Waals surface area contributed by atoms with Gasteiger partial charge in [0.25, 0.3) is 45.9 Å². The van der Waals surface area contributed by atoms with Crippen molar-refractivity contribution in [3.63, 3.8) is 0 Å². The van der Waals surface area contributed by atoms with E-state index >= 15 is 0 Å². The number of hydrogen-bond donors (Lipinski definition) is 12. The van der Waals surface area contributed by atoms with Crippen LogP contribution in [-0.2, 0) is 49.0 Å². The number of anilines is 1. The first-order valence-electron chi connectivity index (χ1n) is 27.1. The number of aryl methyl sites for hydroxylation is 4. The number of carbonyl (C=O) groups is 7. The molecule has 4 aromatic heterocycles. The van der Waals surface area contributed by atoms with E-state index in [1.54, 1.807) is 24.3 Å². The molecule has 0 radical (unpaired) electrons. The van der Waals surface area contributed by atoms with Crippen LogP contribution in [0.4, 0.5) is 5.69 Å². The number of aromatic hydroxyl groups is 4. The molecule has 13 N–H and O–H groups in total. The summed E-state index contributed by atoms with van der Waals surface area (Å²) in [7, 11) is 5.61. The molecule has 1 aromatic carbocycles. The van der Waals surface area contributed by atoms with Crippen LogP contribution in [0.2, 0.25) is 0 Å². The predicted molar refractivity (Wildman–Crippen MR) is 310 cm³/mol. The van der Waals surface area contributed by atoms with Gasteiger partial charge in [-0.25, -0.2) is 0 Å². The lowest BCUT2D eigenvalue weighted by molar-refractivity contribution is -0.138. The zero-order valence-electron chi connectivity index (χ0n) is 47.6. The highest BCUT2D eigenvalue weighted by Gasteiger charge is 2.24. The normalized spacial score (nSPS) is 11.5. The van der Waals surface area contributed by atoms with E-state index in [0.29, 0.717) is 24.9 Å². The van der Waals surface area contributed by atoms with Crippen LogP contribution in [0.3, 0.4) is 0 Å². The van der Waals surface area contributed by atoms with Gasteiger partial charge in [-0.15, -0.1) is 0 Å². The third-order valence-electron chi connectivity index (χ3n) is 13.8. The smallest absolute Gasteiger partial charge is 0.320 e. The number of nitrogens with two attached hydrogens (primary N) is 1. The first-order valence-corrected chi connectivity index (χ1v) is 27.1. The molecule has 85 heavy (non-hydrogen) atoms. The van der Waals surface area contributed by atoms with Crippen molar-refractivity contribution in [1.29, 1.82) is 0 Å². The zero-order valence-corrected chi connectivity index (χ0v) is 47.6. The minimum atomic E-state index is -1.11. The number of unbranched alkanes of at least 4 members (excludes halogenated alkanes) is 1. The Hall–Kier alpha value is -9.61. The molecular weight excluding hydrogens is 1110 g/mol. The average Bonchev–Trinajstić information content (AvgIpc) is 3.53. The topological polar surface area (TPSA) is 413 Å². The number of aromatic nitrogens is 4. The van der Waals surface area contributed by atoms with Gasteiger partial charge in [-0.05, 0) is 73.6 Å². The maximum absolute atomic E-state index is 13.4. The molecule has 0 bridgehead atoms. The molecular formula is C56H73N13O16. The lowest BCUT2D eigenvalue weighted by Crippen LogP contribution is -2.46. The van der Waals surface area contributed by atoms with Gasteiger partial charge in [-0.3, -0.25) is 62.5 Å². The minimum absolute atomic E-state index is 0.0594. The van der Waals surface area contributed by atoms with Crippen molar-refractivity contribution in [2.24, 2.45) is 39.8 Å². The Kier molecular flexibility index (Phi) is 24.7. The summed E-state index contributed by atoms with van der Waals surface area (Å²) in [6, 6.07) is 11.0. The van der Waals surface area contributed by atoms with Crippen molar-refractivity contribution in [2.45, 2.75) is 44.6 Å². The van der Waals surface area contributed by atoms with Gasteiger partial charge < -0.3 is 81.4 Å². The van der Waals surface area contributed by atoms with Crippen LogP contribution in [0.15, 0.2) is 92.5 Å². The van der Waals surface area contributed by atoms with Crippen molar-refractivity contribution in [2.75, 3.05) is 77.3 Å². The second kappa shape index (κ2) is 31.7. The van der Waals surface area contributed by atoms with Crippen LogP contribution < -0.4 is 59.9 Å². The third kappa shape index (κ3) is 19.5. The van der Waals surface area contributed by atoms with E-state index in [1.165, 1.54) is 77.2 Å². The van der Waals surface area contributed by atoms with Gasteiger partial charge in [0.15, 0.2) is 23.0 Å². The molecule has 5 aromatic rings. The minimum Gasteiger partial charge on any atom is -0.502 e. The fraction of sp³-hybridized carbons (Fsp3) is 0.411. The fourth-order valence-electron chi connectivity index (χ4n) is 8.83. The van der Waals surface area contributed by atoms with Crippen molar-refractivity contribution >= 4 is 47.1 Å². The van der Waals surface area contributed by atoms with Gasteiger partial charge in [-0.1, -0.05) is 12.1 Å². The number of amides is 6. The van der Waals surface area contributed by atoms with E-state index in [0.717, 1.165) is 23.8 Å². The Morgan fingerprint density at radius 2 is 0.824 bits per heavy atom. The van der Waals surface area contributed by atoms with Crippen molar-refractivity contribution in [3.8, 4) is 23.0 Å². The Morgan fingerprint density at radius 1 is 0.482 bits per heavy atom. The molecule has 29 nitrogen and oxygen atoms in total. The van der Waals surface area contributed by atoms with E-state index in [9.17, 15) is 73.2 Å². The predicted octanol–water partition coefficient (Wildman–Crippen LogP) is -1.80. The number of benzene rings is 1. The molecule has 6 amide bonds. The first-order chi connectivity index (χ1) is 40.4. The highest BCUT2D eigenvalue weighted by Crippen LogP contribution is 2.19. The molecule has 1 atom stereocenters. The number of rotatable bonds is 32. The first kappa shape index (κ1) is 66.2.